The van der Waals surface area contributed by atoms with Gasteiger partial charge in [0.1, 0.15) is 12.4 Å². The van der Waals surface area contributed by atoms with Crippen molar-refractivity contribution in [2.75, 3.05) is 19.7 Å². The number of nitrogens with one attached hydrogen (secondary N) is 1. The van der Waals surface area contributed by atoms with Crippen molar-refractivity contribution in [1.82, 2.24) is 5.32 Å². The SMILES string of the molecule is C=C(CNCC)COc1ccc(-c2ccccc2)cc1Cl. The molecule has 0 saturated heterocycles. The van der Waals surface area contributed by atoms with Gasteiger partial charge < -0.3 is 10.1 Å². The summed E-state index contributed by atoms with van der Waals surface area (Å²) in [5, 5.41) is 3.84. The van der Waals surface area contributed by atoms with Crippen LogP contribution in [0, 0.1) is 0 Å². The molecule has 0 aliphatic heterocycles. The summed E-state index contributed by atoms with van der Waals surface area (Å²) in [6.45, 7) is 8.19. The zero-order valence-electron chi connectivity index (χ0n) is 12.2. The Balaban J connectivity index is 2.01. The van der Waals surface area contributed by atoms with Crippen molar-refractivity contribution in [3.63, 3.8) is 0 Å². The predicted octanol–water partition coefficient (Wildman–Crippen LogP) is 4.55. The van der Waals surface area contributed by atoms with Crippen molar-refractivity contribution in [2.45, 2.75) is 6.92 Å². The molecule has 0 fully saturated rings. The number of hydrogen-bond acceptors (Lipinski definition) is 2. The molecule has 2 nitrogen and oxygen atoms in total. The predicted molar refractivity (Wildman–Crippen MR) is 90.1 cm³/mol. The number of hydrogen-bond donors (Lipinski definition) is 1. The van der Waals surface area contributed by atoms with Gasteiger partial charge in [0.05, 0.1) is 5.02 Å². The first-order chi connectivity index (χ1) is 10.2. The van der Waals surface area contributed by atoms with E-state index in [4.69, 9.17) is 16.3 Å². The molecule has 0 spiro atoms. The summed E-state index contributed by atoms with van der Waals surface area (Å²) < 4.78 is 5.72. The van der Waals surface area contributed by atoms with Gasteiger partial charge in [0.15, 0.2) is 0 Å². The monoisotopic (exact) mass is 301 g/mol. The van der Waals surface area contributed by atoms with E-state index in [2.05, 4.69) is 31.0 Å². The minimum Gasteiger partial charge on any atom is -0.488 e. The molecule has 2 aromatic carbocycles. The summed E-state index contributed by atoms with van der Waals surface area (Å²) in [4.78, 5) is 0. The fourth-order valence-electron chi connectivity index (χ4n) is 1.96. The lowest BCUT2D eigenvalue weighted by Crippen LogP contribution is -2.18. The lowest BCUT2D eigenvalue weighted by molar-refractivity contribution is 0.349. The zero-order chi connectivity index (χ0) is 15.1. The van der Waals surface area contributed by atoms with Gasteiger partial charge in [0.2, 0.25) is 0 Å². The van der Waals surface area contributed by atoms with Crippen LogP contribution >= 0.6 is 11.6 Å². The largest absolute Gasteiger partial charge is 0.488 e. The van der Waals surface area contributed by atoms with Crippen molar-refractivity contribution in [3.8, 4) is 16.9 Å². The second-order valence-corrected chi connectivity index (χ2v) is 5.24. The highest BCUT2D eigenvalue weighted by Gasteiger charge is 2.05. The summed E-state index contributed by atoms with van der Waals surface area (Å²) in [7, 11) is 0. The van der Waals surface area contributed by atoms with E-state index < -0.39 is 0 Å². The van der Waals surface area contributed by atoms with Crippen LogP contribution < -0.4 is 10.1 Å². The third-order valence-electron chi connectivity index (χ3n) is 3.10. The number of benzene rings is 2. The highest BCUT2D eigenvalue weighted by molar-refractivity contribution is 6.32. The fraction of sp³-hybridized carbons (Fsp3) is 0.222. The summed E-state index contributed by atoms with van der Waals surface area (Å²) in [5.74, 6) is 0.689. The summed E-state index contributed by atoms with van der Waals surface area (Å²) in [6, 6.07) is 16.0. The Morgan fingerprint density at radius 1 is 1.14 bits per heavy atom. The van der Waals surface area contributed by atoms with Crippen molar-refractivity contribution in [3.05, 3.63) is 65.7 Å². The Kier molecular flexibility index (Phi) is 5.85. The molecule has 110 valence electrons. The molecule has 21 heavy (non-hydrogen) atoms. The molecule has 0 amide bonds. The van der Waals surface area contributed by atoms with Crippen LogP contribution in [0.25, 0.3) is 11.1 Å². The number of likely N-dealkylation sites (N-methyl/N-ethyl adjacent to an activating group) is 1. The average molecular weight is 302 g/mol. The van der Waals surface area contributed by atoms with Crippen molar-refractivity contribution >= 4 is 11.6 Å². The molecule has 1 N–H and O–H groups in total. The second kappa shape index (κ2) is 7.87. The van der Waals surface area contributed by atoms with Gasteiger partial charge in [-0.1, -0.05) is 61.5 Å². The van der Waals surface area contributed by atoms with E-state index in [9.17, 15) is 0 Å². The van der Waals surface area contributed by atoms with Crippen LogP contribution in [0.3, 0.4) is 0 Å². The first-order valence-electron chi connectivity index (χ1n) is 7.06. The summed E-state index contributed by atoms with van der Waals surface area (Å²) >= 11 is 6.30. The van der Waals surface area contributed by atoms with Crippen LogP contribution in [0.1, 0.15) is 6.92 Å². The van der Waals surface area contributed by atoms with Crippen LogP contribution in [-0.4, -0.2) is 19.7 Å². The maximum absolute atomic E-state index is 6.30. The molecule has 2 rings (SSSR count). The standard InChI is InChI=1S/C18H20ClNO/c1-3-20-12-14(2)13-21-18-10-9-16(11-17(18)19)15-7-5-4-6-8-15/h4-11,20H,2-3,12-13H2,1H3. The van der Waals surface area contributed by atoms with Gasteiger partial charge in [-0.2, -0.15) is 0 Å². The second-order valence-electron chi connectivity index (χ2n) is 4.83. The Bertz CT molecular complexity index is 595. The molecule has 0 atom stereocenters. The Morgan fingerprint density at radius 3 is 2.57 bits per heavy atom. The van der Waals surface area contributed by atoms with Crippen molar-refractivity contribution < 1.29 is 4.74 Å². The van der Waals surface area contributed by atoms with E-state index in [0.717, 1.165) is 29.8 Å². The van der Waals surface area contributed by atoms with Crippen LogP contribution in [0.2, 0.25) is 5.02 Å². The first kappa shape index (κ1) is 15.6. The van der Waals surface area contributed by atoms with Crippen LogP contribution in [0.4, 0.5) is 0 Å². The molecular weight excluding hydrogens is 282 g/mol. The van der Waals surface area contributed by atoms with Gasteiger partial charge in [-0.25, -0.2) is 0 Å². The van der Waals surface area contributed by atoms with Crippen LogP contribution in [-0.2, 0) is 0 Å². The molecule has 0 unspecified atom stereocenters. The molecule has 0 aromatic heterocycles. The Hall–Kier alpha value is -1.77. The van der Waals surface area contributed by atoms with Gasteiger partial charge in [-0.3, -0.25) is 0 Å². The van der Waals surface area contributed by atoms with E-state index in [1.807, 2.05) is 36.4 Å². The maximum Gasteiger partial charge on any atom is 0.138 e. The minimum absolute atomic E-state index is 0.470. The highest BCUT2D eigenvalue weighted by atomic mass is 35.5. The molecule has 0 bridgehead atoms. The molecular formula is C18H20ClNO. The zero-order valence-corrected chi connectivity index (χ0v) is 13.0. The van der Waals surface area contributed by atoms with Crippen LogP contribution in [0.5, 0.6) is 5.75 Å². The van der Waals surface area contributed by atoms with E-state index in [1.165, 1.54) is 0 Å². The van der Waals surface area contributed by atoms with E-state index in [-0.39, 0.29) is 0 Å². The molecule has 0 aliphatic rings. The molecule has 0 heterocycles. The van der Waals surface area contributed by atoms with E-state index in [0.29, 0.717) is 17.4 Å². The number of halogens is 1. The third kappa shape index (κ3) is 4.62. The highest BCUT2D eigenvalue weighted by Crippen LogP contribution is 2.30. The fourth-order valence-corrected chi connectivity index (χ4v) is 2.20. The summed E-state index contributed by atoms with van der Waals surface area (Å²) in [6.07, 6.45) is 0. The number of rotatable bonds is 7. The Labute approximate surface area is 131 Å². The van der Waals surface area contributed by atoms with Crippen molar-refractivity contribution in [2.24, 2.45) is 0 Å². The van der Waals surface area contributed by atoms with Gasteiger partial charge >= 0.3 is 0 Å². The smallest absolute Gasteiger partial charge is 0.138 e. The van der Waals surface area contributed by atoms with Crippen molar-refractivity contribution in [1.29, 1.82) is 0 Å². The molecule has 0 aliphatic carbocycles. The first-order valence-corrected chi connectivity index (χ1v) is 7.43. The van der Waals surface area contributed by atoms with E-state index >= 15 is 0 Å². The van der Waals surface area contributed by atoms with Gasteiger partial charge in [0.25, 0.3) is 0 Å². The molecule has 2 aromatic rings. The topological polar surface area (TPSA) is 21.3 Å². The Morgan fingerprint density at radius 2 is 1.90 bits per heavy atom. The van der Waals surface area contributed by atoms with Crippen LogP contribution in [0.15, 0.2) is 60.7 Å². The van der Waals surface area contributed by atoms with Gasteiger partial charge in [-0.15, -0.1) is 0 Å². The molecule has 0 saturated carbocycles. The van der Waals surface area contributed by atoms with Gasteiger partial charge in [0, 0.05) is 6.54 Å². The molecule has 0 radical (unpaired) electrons. The lowest BCUT2D eigenvalue weighted by atomic mass is 10.1. The maximum atomic E-state index is 6.30. The third-order valence-corrected chi connectivity index (χ3v) is 3.39. The van der Waals surface area contributed by atoms with E-state index in [1.54, 1.807) is 0 Å². The van der Waals surface area contributed by atoms with Gasteiger partial charge in [-0.05, 0) is 35.4 Å². The molecule has 3 heteroatoms. The lowest BCUT2D eigenvalue weighted by Gasteiger charge is -2.11. The minimum atomic E-state index is 0.470. The number of ether oxygens (including phenoxy) is 1. The quantitative estimate of drug-likeness (QED) is 0.757. The average Bonchev–Trinajstić information content (AvgIpc) is 2.52. The summed E-state index contributed by atoms with van der Waals surface area (Å²) in [5.41, 5.74) is 3.22. The normalized spacial score (nSPS) is 10.4.